The number of fused-ring (bicyclic) bond motifs is 3. The van der Waals surface area contributed by atoms with Crippen molar-refractivity contribution in [2.45, 2.75) is 76.8 Å². The molecule has 0 saturated heterocycles. The van der Waals surface area contributed by atoms with E-state index >= 15 is 0 Å². The molecule has 2 atom stereocenters. The van der Waals surface area contributed by atoms with Crippen LogP contribution >= 0.6 is 0 Å². The quantitative estimate of drug-likeness (QED) is 0.388. The second-order valence-electron chi connectivity index (χ2n) is 10.6. The largest absolute Gasteiger partial charge is 0.469 e. The minimum absolute atomic E-state index is 0.0240. The molecular formula is C30H37N3O4. The first-order chi connectivity index (χ1) is 17.9. The van der Waals surface area contributed by atoms with Gasteiger partial charge in [-0.05, 0) is 69.6 Å². The van der Waals surface area contributed by atoms with Crippen molar-refractivity contribution in [1.29, 1.82) is 0 Å². The van der Waals surface area contributed by atoms with Gasteiger partial charge in [0.1, 0.15) is 5.82 Å². The van der Waals surface area contributed by atoms with Crippen LogP contribution in [0.4, 0.5) is 10.5 Å². The van der Waals surface area contributed by atoms with Crippen LogP contribution in [0.5, 0.6) is 0 Å². The van der Waals surface area contributed by atoms with Gasteiger partial charge in [0.25, 0.3) is 0 Å². The van der Waals surface area contributed by atoms with Gasteiger partial charge < -0.3 is 14.0 Å². The number of benzene rings is 2. The third-order valence-corrected chi connectivity index (χ3v) is 8.28. The van der Waals surface area contributed by atoms with Crippen LogP contribution in [0.2, 0.25) is 0 Å². The molecule has 0 spiro atoms. The molecule has 0 radical (unpaired) electrons. The Morgan fingerprint density at radius 1 is 1.00 bits per heavy atom. The molecule has 2 aliphatic rings. The number of aromatic nitrogens is 2. The van der Waals surface area contributed by atoms with E-state index < -0.39 is 0 Å². The molecule has 5 rings (SSSR count). The first-order valence-corrected chi connectivity index (χ1v) is 13.5. The predicted molar refractivity (Wildman–Crippen MR) is 144 cm³/mol. The van der Waals surface area contributed by atoms with Gasteiger partial charge in [0.15, 0.2) is 0 Å². The van der Waals surface area contributed by atoms with E-state index in [1.165, 1.54) is 19.8 Å². The van der Waals surface area contributed by atoms with Gasteiger partial charge in [-0.15, -0.1) is 0 Å². The SMILES string of the molecule is COC(=O)N1c2ccc3c(nc(C(C)Cc4ccccc4)n3[C@H]3CC[C@H](C(=O)OC)CC3)c2CC[C@@H]1C. The Bertz CT molecular complexity index is 1280. The topological polar surface area (TPSA) is 73.7 Å². The molecule has 1 saturated carbocycles. The molecule has 3 aromatic rings. The summed E-state index contributed by atoms with van der Waals surface area (Å²) in [6.45, 7) is 4.32. The number of imidazole rings is 1. The fraction of sp³-hybridized carbons (Fsp3) is 0.500. The summed E-state index contributed by atoms with van der Waals surface area (Å²) in [5, 5.41) is 0. The van der Waals surface area contributed by atoms with Crippen LogP contribution in [-0.4, -0.2) is 41.9 Å². The number of nitrogens with zero attached hydrogens (tertiary/aromatic N) is 3. The zero-order valence-corrected chi connectivity index (χ0v) is 22.3. The second kappa shape index (κ2) is 10.6. The number of methoxy groups -OCH3 is 2. The molecular weight excluding hydrogens is 466 g/mol. The van der Waals surface area contributed by atoms with Crippen LogP contribution in [-0.2, 0) is 27.1 Å². The summed E-state index contributed by atoms with van der Waals surface area (Å²) in [5.74, 6) is 1.17. The van der Waals surface area contributed by atoms with Crippen molar-refractivity contribution in [2.24, 2.45) is 5.92 Å². The highest BCUT2D eigenvalue weighted by molar-refractivity contribution is 5.95. The highest BCUT2D eigenvalue weighted by Crippen LogP contribution is 2.42. The molecule has 7 nitrogen and oxygen atoms in total. The van der Waals surface area contributed by atoms with Crippen LogP contribution in [0.3, 0.4) is 0 Å². The lowest BCUT2D eigenvalue weighted by Crippen LogP contribution is -2.42. The molecule has 0 N–H and O–H groups in total. The maximum atomic E-state index is 12.7. The van der Waals surface area contributed by atoms with Crippen molar-refractivity contribution >= 4 is 28.8 Å². The number of hydrogen-bond donors (Lipinski definition) is 0. The fourth-order valence-corrected chi connectivity index (χ4v) is 6.32. The standard InChI is InChI=1S/C30H37N3O4/c1-19(18-21-8-6-5-7-9-21)28-31-27-24-15-10-20(2)32(30(35)37-4)25(24)16-17-26(27)33(28)23-13-11-22(12-14-23)29(34)36-3/h5-9,16-17,19-20,22-23H,10-15,18H2,1-4H3/t19?,20-,22-,23-/m0/s1. The van der Waals surface area contributed by atoms with Gasteiger partial charge in [-0.25, -0.2) is 9.78 Å². The van der Waals surface area contributed by atoms with Gasteiger partial charge in [-0.1, -0.05) is 37.3 Å². The highest BCUT2D eigenvalue weighted by atomic mass is 16.5. The minimum atomic E-state index is -0.328. The van der Waals surface area contributed by atoms with E-state index in [2.05, 4.69) is 54.8 Å². The van der Waals surface area contributed by atoms with E-state index in [0.717, 1.165) is 73.1 Å². The molecule has 1 aliphatic carbocycles. The van der Waals surface area contributed by atoms with Gasteiger partial charge >= 0.3 is 12.1 Å². The monoisotopic (exact) mass is 503 g/mol. The number of hydrogen-bond acceptors (Lipinski definition) is 5. The van der Waals surface area contributed by atoms with Crippen LogP contribution in [0.15, 0.2) is 42.5 Å². The molecule has 2 aromatic carbocycles. The Morgan fingerprint density at radius 2 is 1.73 bits per heavy atom. The maximum absolute atomic E-state index is 12.7. The summed E-state index contributed by atoms with van der Waals surface area (Å²) in [4.78, 5) is 31.9. The Morgan fingerprint density at radius 3 is 2.41 bits per heavy atom. The van der Waals surface area contributed by atoms with Gasteiger partial charge in [0, 0.05) is 23.6 Å². The number of aryl methyl sites for hydroxylation is 1. The number of carbonyl (C=O) groups is 2. The summed E-state index contributed by atoms with van der Waals surface area (Å²) in [5.41, 5.74) is 5.42. The Hall–Kier alpha value is -3.35. The number of carbonyl (C=O) groups excluding carboxylic acids is 2. The van der Waals surface area contributed by atoms with Crippen molar-refractivity contribution in [3.8, 4) is 0 Å². The Balaban J connectivity index is 1.58. The first-order valence-electron chi connectivity index (χ1n) is 13.5. The van der Waals surface area contributed by atoms with E-state index in [1.54, 1.807) is 4.90 Å². The van der Waals surface area contributed by atoms with Gasteiger partial charge in [0.2, 0.25) is 0 Å². The van der Waals surface area contributed by atoms with Crippen molar-refractivity contribution in [2.75, 3.05) is 19.1 Å². The number of amides is 1. The molecule has 1 aliphatic heterocycles. The van der Waals surface area contributed by atoms with Crippen LogP contribution < -0.4 is 4.90 Å². The lowest BCUT2D eigenvalue weighted by Gasteiger charge is -2.34. The van der Waals surface area contributed by atoms with Crippen LogP contribution in [0.1, 0.15) is 74.9 Å². The zero-order chi connectivity index (χ0) is 26.1. The molecule has 1 fully saturated rings. The lowest BCUT2D eigenvalue weighted by molar-refractivity contribution is -0.146. The molecule has 1 aromatic heterocycles. The van der Waals surface area contributed by atoms with E-state index in [9.17, 15) is 9.59 Å². The minimum Gasteiger partial charge on any atom is -0.469 e. The third-order valence-electron chi connectivity index (χ3n) is 8.28. The summed E-state index contributed by atoms with van der Waals surface area (Å²) >= 11 is 0. The van der Waals surface area contributed by atoms with Crippen LogP contribution in [0, 0.1) is 5.92 Å². The van der Waals surface area contributed by atoms with Crippen molar-refractivity contribution in [3.63, 3.8) is 0 Å². The summed E-state index contributed by atoms with van der Waals surface area (Å²) < 4.78 is 12.6. The first kappa shape index (κ1) is 25.3. The van der Waals surface area contributed by atoms with E-state index in [4.69, 9.17) is 14.5 Å². The van der Waals surface area contributed by atoms with E-state index in [1.807, 2.05) is 6.07 Å². The molecule has 1 amide bonds. The molecule has 196 valence electrons. The van der Waals surface area contributed by atoms with Crippen molar-refractivity contribution < 1.29 is 19.1 Å². The molecule has 2 heterocycles. The smallest absolute Gasteiger partial charge is 0.414 e. The lowest BCUT2D eigenvalue weighted by atomic mass is 9.85. The third kappa shape index (κ3) is 4.72. The van der Waals surface area contributed by atoms with E-state index in [0.29, 0.717) is 0 Å². The predicted octanol–water partition coefficient (Wildman–Crippen LogP) is 6.19. The van der Waals surface area contributed by atoms with Crippen molar-refractivity contribution in [3.05, 3.63) is 59.4 Å². The van der Waals surface area contributed by atoms with Gasteiger partial charge in [-0.2, -0.15) is 0 Å². The Kier molecular flexibility index (Phi) is 7.22. The highest BCUT2D eigenvalue weighted by Gasteiger charge is 2.34. The molecule has 1 unspecified atom stereocenters. The molecule has 7 heteroatoms. The van der Waals surface area contributed by atoms with E-state index in [-0.39, 0.29) is 36.0 Å². The van der Waals surface area contributed by atoms with Crippen molar-refractivity contribution in [1.82, 2.24) is 9.55 Å². The average Bonchev–Trinajstić information content (AvgIpc) is 3.33. The summed E-state index contributed by atoms with van der Waals surface area (Å²) in [6, 6.07) is 15.1. The fourth-order valence-electron chi connectivity index (χ4n) is 6.32. The molecule has 0 bridgehead atoms. The summed E-state index contributed by atoms with van der Waals surface area (Å²) in [7, 11) is 2.91. The van der Waals surface area contributed by atoms with Gasteiger partial charge in [-0.3, -0.25) is 9.69 Å². The second-order valence-corrected chi connectivity index (χ2v) is 10.6. The van der Waals surface area contributed by atoms with Crippen LogP contribution in [0.25, 0.3) is 11.0 Å². The number of rotatable bonds is 5. The Labute approximate surface area is 218 Å². The maximum Gasteiger partial charge on any atom is 0.414 e. The average molecular weight is 504 g/mol. The molecule has 37 heavy (non-hydrogen) atoms. The van der Waals surface area contributed by atoms with Gasteiger partial charge in [0.05, 0.1) is 36.9 Å². The normalized spacial score (nSPS) is 22.4. The zero-order valence-electron chi connectivity index (χ0n) is 22.3. The number of anilines is 1. The number of esters is 1. The number of ether oxygens (including phenoxy) is 2. The summed E-state index contributed by atoms with van der Waals surface area (Å²) in [6.07, 6.45) is 5.79.